The summed E-state index contributed by atoms with van der Waals surface area (Å²) < 4.78 is 41.5. The van der Waals surface area contributed by atoms with Gasteiger partial charge in [0.2, 0.25) is 0 Å². The van der Waals surface area contributed by atoms with Crippen molar-refractivity contribution in [2.45, 2.75) is 12.4 Å². The minimum atomic E-state index is -4.72. The lowest BCUT2D eigenvalue weighted by Gasteiger charge is -2.36. The first-order valence-corrected chi connectivity index (χ1v) is 9.64. The Balaban J connectivity index is 0.00000171. The molecule has 0 unspecified atom stereocenters. The highest BCUT2D eigenvalue weighted by atomic mass is 35.5. The first-order valence-electron chi connectivity index (χ1n) is 9.26. The zero-order valence-electron chi connectivity index (χ0n) is 16.2. The van der Waals surface area contributed by atoms with Gasteiger partial charge in [0.05, 0.1) is 11.6 Å². The molecule has 1 aliphatic heterocycles. The van der Waals surface area contributed by atoms with Crippen molar-refractivity contribution in [1.82, 2.24) is 15.2 Å². The summed E-state index contributed by atoms with van der Waals surface area (Å²) in [5, 5.41) is 4.67. The third-order valence-electron chi connectivity index (χ3n) is 4.95. The number of pyridine rings is 1. The molecule has 4 nitrogen and oxygen atoms in total. The summed E-state index contributed by atoms with van der Waals surface area (Å²) in [4.78, 5) is 6.79. The maximum absolute atomic E-state index is 12.5. The molecule has 10 heteroatoms. The number of hydrogen-bond acceptors (Lipinski definition) is 4. The van der Waals surface area contributed by atoms with Gasteiger partial charge in [-0.3, -0.25) is 4.90 Å². The van der Waals surface area contributed by atoms with Crippen LogP contribution >= 0.6 is 36.4 Å². The number of ether oxygens (including phenoxy) is 1. The van der Waals surface area contributed by atoms with Crippen LogP contribution < -0.4 is 10.1 Å². The van der Waals surface area contributed by atoms with Crippen molar-refractivity contribution in [1.29, 1.82) is 0 Å². The van der Waals surface area contributed by atoms with E-state index in [0.29, 0.717) is 5.15 Å². The number of nitrogens with zero attached hydrogens (tertiary/aromatic N) is 2. The summed E-state index contributed by atoms with van der Waals surface area (Å²) in [7, 11) is 0. The lowest BCUT2D eigenvalue weighted by molar-refractivity contribution is -0.274. The van der Waals surface area contributed by atoms with Crippen LogP contribution in [-0.2, 0) is 0 Å². The number of rotatable bonds is 4. The molecule has 1 aliphatic rings. The van der Waals surface area contributed by atoms with Gasteiger partial charge < -0.3 is 10.1 Å². The van der Waals surface area contributed by atoms with Crippen LogP contribution in [0.3, 0.4) is 0 Å². The summed E-state index contributed by atoms with van der Waals surface area (Å²) in [5.41, 5.74) is 2.46. The van der Waals surface area contributed by atoms with Crippen LogP contribution in [-0.4, -0.2) is 42.4 Å². The Bertz CT molecular complexity index is 997. The van der Waals surface area contributed by atoms with Crippen molar-refractivity contribution >= 4 is 47.3 Å². The van der Waals surface area contributed by atoms with Gasteiger partial charge in [-0.15, -0.1) is 38.0 Å². The zero-order valence-corrected chi connectivity index (χ0v) is 18.6. The fraction of sp³-hybridized carbons (Fsp3) is 0.286. The molecule has 4 rings (SSSR count). The number of benzene rings is 2. The highest BCUT2D eigenvalue weighted by Gasteiger charge is 2.31. The number of nitrogens with one attached hydrogen (secondary N) is 1. The maximum Gasteiger partial charge on any atom is 0.573 e. The van der Waals surface area contributed by atoms with E-state index in [2.05, 4.69) is 19.9 Å². The topological polar surface area (TPSA) is 37.4 Å². The zero-order chi connectivity index (χ0) is 20.4. The molecule has 168 valence electrons. The largest absolute Gasteiger partial charge is 0.573 e. The minimum Gasteiger partial charge on any atom is -0.406 e. The van der Waals surface area contributed by atoms with E-state index in [9.17, 15) is 13.2 Å². The van der Waals surface area contributed by atoms with Crippen LogP contribution in [0.25, 0.3) is 10.9 Å². The Morgan fingerprint density at radius 2 is 1.65 bits per heavy atom. The summed E-state index contributed by atoms with van der Waals surface area (Å²) in [6.07, 6.45) is -4.72. The fourth-order valence-corrected chi connectivity index (χ4v) is 3.93. The summed E-state index contributed by atoms with van der Waals surface area (Å²) in [6.45, 7) is 3.22. The van der Waals surface area contributed by atoms with Gasteiger partial charge in [-0.25, -0.2) is 4.98 Å². The van der Waals surface area contributed by atoms with Crippen molar-refractivity contribution in [3.63, 3.8) is 0 Å². The molecule has 1 saturated heterocycles. The average Bonchev–Trinajstić information content (AvgIpc) is 2.69. The quantitative estimate of drug-likeness (QED) is 0.477. The number of alkyl halides is 3. The molecular formula is C21H21Cl3F3N3O. The molecule has 2 heterocycles. The second kappa shape index (κ2) is 10.7. The second-order valence-corrected chi connectivity index (χ2v) is 7.22. The molecule has 0 saturated carbocycles. The van der Waals surface area contributed by atoms with Crippen LogP contribution in [0.2, 0.25) is 5.15 Å². The van der Waals surface area contributed by atoms with Crippen molar-refractivity contribution in [3.05, 3.63) is 70.9 Å². The highest BCUT2D eigenvalue weighted by molar-refractivity contribution is 6.30. The number of fused-ring (bicyclic) bond motifs is 1. The van der Waals surface area contributed by atoms with Crippen molar-refractivity contribution in [3.8, 4) is 5.75 Å². The average molecular weight is 495 g/mol. The predicted molar refractivity (Wildman–Crippen MR) is 121 cm³/mol. The molecule has 2 aromatic carbocycles. The summed E-state index contributed by atoms with van der Waals surface area (Å²) in [6, 6.07) is 15.5. The van der Waals surface area contributed by atoms with Gasteiger partial charge in [-0.2, -0.15) is 0 Å². The molecule has 1 atom stereocenters. The molecule has 1 fully saturated rings. The van der Waals surface area contributed by atoms with Crippen LogP contribution in [0.5, 0.6) is 5.75 Å². The smallest absolute Gasteiger partial charge is 0.406 e. The van der Waals surface area contributed by atoms with E-state index in [1.54, 1.807) is 12.1 Å². The third-order valence-corrected chi connectivity index (χ3v) is 5.25. The van der Waals surface area contributed by atoms with Gasteiger partial charge in [0.15, 0.2) is 0 Å². The predicted octanol–water partition coefficient (Wildman–Crippen LogP) is 5.63. The van der Waals surface area contributed by atoms with Crippen LogP contribution in [0.1, 0.15) is 17.2 Å². The van der Waals surface area contributed by atoms with Crippen LogP contribution in [0.15, 0.2) is 54.6 Å². The van der Waals surface area contributed by atoms with E-state index in [0.717, 1.165) is 48.2 Å². The molecule has 0 bridgehead atoms. The van der Waals surface area contributed by atoms with Crippen molar-refractivity contribution in [2.24, 2.45) is 0 Å². The standard InChI is InChI=1S/C21H19ClF3N3O.2ClH/c22-20-17(13-15-3-1-2-4-18(15)27-20)19(28-11-9-26-10-12-28)14-5-7-16(8-6-14)29-21(23,24)25;;/h1-8,13,19,26H,9-12H2;2*1H/t19-;;/m1../s1. The SMILES string of the molecule is Cl.Cl.FC(F)(F)Oc1ccc([C@H](c2cc3ccccc3nc2Cl)N2CCNCC2)cc1. The second-order valence-electron chi connectivity index (χ2n) is 6.87. The van der Waals surface area contributed by atoms with E-state index >= 15 is 0 Å². The first-order chi connectivity index (χ1) is 13.9. The van der Waals surface area contributed by atoms with E-state index in [4.69, 9.17) is 11.6 Å². The number of halogens is 6. The summed E-state index contributed by atoms with van der Waals surface area (Å²) >= 11 is 6.56. The lowest BCUT2D eigenvalue weighted by atomic mass is 9.96. The van der Waals surface area contributed by atoms with E-state index < -0.39 is 6.36 Å². The van der Waals surface area contributed by atoms with Gasteiger partial charge in [0.1, 0.15) is 10.9 Å². The van der Waals surface area contributed by atoms with Gasteiger partial charge in [0.25, 0.3) is 0 Å². The fourth-order valence-electron chi connectivity index (χ4n) is 3.68. The number of aromatic nitrogens is 1. The molecule has 0 aliphatic carbocycles. The first kappa shape index (κ1) is 25.5. The lowest BCUT2D eigenvalue weighted by Crippen LogP contribution is -2.45. The molecular weight excluding hydrogens is 474 g/mol. The van der Waals surface area contributed by atoms with Gasteiger partial charge in [-0.05, 0) is 29.8 Å². The van der Waals surface area contributed by atoms with E-state index in [1.165, 1.54) is 12.1 Å². The molecule has 31 heavy (non-hydrogen) atoms. The number of para-hydroxylation sites is 1. The molecule has 3 aromatic rings. The molecule has 1 aromatic heterocycles. The van der Waals surface area contributed by atoms with E-state index in [1.807, 2.05) is 30.3 Å². The molecule has 0 amide bonds. The maximum atomic E-state index is 12.5. The van der Waals surface area contributed by atoms with Gasteiger partial charge in [0, 0.05) is 37.1 Å². The van der Waals surface area contributed by atoms with Crippen LogP contribution in [0, 0.1) is 0 Å². The Labute approximate surface area is 195 Å². The van der Waals surface area contributed by atoms with Gasteiger partial charge in [-0.1, -0.05) is 41.9 Å². The Morgan fingerprint density at radius 1 is 1.00 bits per heavy atom. The molecule has 1 N–H and O–H groups in total. The van der Waals surface area contributed by atoms with Crippen LogP contribution in [0.4, 0.5) is 13.2 Å². The van der Waals surface area contributed by atoms with Crippen molar-refractivity contribution in [2.75, 3.05) is 26.2 Å². The van der Waals surface area contributed by atoms with E-state index in [-0.39, 0.29) is 36.6 Å². The number of hydrogen-bond donors (Lipinski definition) is 1. The Kier molecular flexibility index (Phi) is 8.80. The normalized spacial score (nSPS) is 15.6. The highest BCUT2D eigenvalue weighted by Crippen LogP contribution is 2.35. The Hall–Kier alpha value is -1.77. The summed E-state index contributed by atoms with van der Waals surface area (Å²) in [5.74, 6) is -0.247. The molecule has 0 spiro atoms. The molecule has 0 radical (unpaired) electrons. The monoisotopic (exact) mass is 493 g/mol. The number of piperazine rings is 1. The van der Waals surface area contributed by atoms with Crippen molar-refractivity contribution < 1.29 is 17.9 Å². The van der Waals surface area contributed by atoms with Gasteiger partial charge >= 0.3 is 6.36 Å². The minimum absolute atomic E-state index is 0. The third kappa shape index (κ3) is 6.14. The Morgan fingerprint density at radius 3 is 2.29 bits per heavy atom.